The first-order valence-corrected chi connectivity index (χ1v) is 2.11. The average Bonchev–Trinajstić information content (AvgIpc) is 1.69. The average molecular weight is 150 g/mol. The van der Waals surface area contributed by atoms with Gasteiger partial charge in [-0.15, -0.1) is 18.8 Å². The molecular formula is C5H8ClNO2. The molecule has 0 aliphatic rings. The van der Waals surface area contributed by atoms with Gasteiger partial charge in [-0.3, -0.25) is 4.79 Å². The number of nitrogens with two attached hydrogens (primary N) is 1. The second-order valence-electron chi connectivity index (χ2n) is 1.29. The number of carbonyl (C=O) groups is 1. The van der Waals surface area contributed by atoms with E-state index in [1.54, 1.807) is 0 Å². The van der Waals surface area contributed by atoms with Crippen LogP contribution in [0.5, 0.6) is 0 Å². The summed E-state index contributed by atoms with van der Waals surface area (Å²) in [5.74, 6) is 0.170. The monoisotopic (exact) mass is 149 g/mol. The van der Waals surface area contributed by atoms with Crippen LogP contribution < -0.4 is 5.73 Å². The summed E-state index contributed by atoms with van der Waals surface area (Å²) in [6, 6.07) is 0. The normalized spacial score (nSPS) is 10.7. The van der Waals surface area contributed by atoms with Crippen LogP contribution in [0, 0.1) is 18.3 Å². The number of aliphatic carboxylic acids is 1. The van der Waals surface area contributed by atoms with Crippen molar-refractivity contribution >= 4 is 18.4 Å². The maximum atomic E-state index is 9.94. The second kappa shape index (κ2) is 5.42. The van der Waals surface area contributed by atoms with Gasteiger partial charge in [-0.1, -0.05) is 5.92 Å². The lowest BCUT2D eigenvalue weighted by atomic mass is 10.2. The summed E-state index contributed by atoms with van der Waals surface area (Å²) in [5, 5.41) is 8.15. The van der Waals surface area contributed by atoms with E-state index >= 15 is 0 Å². The van der Waals surface area contributed by atoms with Gasteiger partial charge in [0.25, 0.3) is 0 Å². The van der Waals surface area contributed by atoms with Crippen molar-refractivity contribution in [1.29, 1.82) is 0 Å². The zero-order chi connectivity index (χ0) is 6.57. The van der Waals surface area contributed by atoms with E-state index in [9.17, 15) is 4.79 Å². The highest BCUT2D eigenvalue weighted by molar-refractivity contribution is 5.85. The number of halogens is 1. The standard InChI is InChI=1S/C5H7NO2.ClH/c1-2-4(3-6)5(7)8;/h1,4H,3,6H2,(H,7,8);1H. The Morgan fingerprint density at radius 3 is 2.33 bits per heavy atom. The Balaban J connectivity index is 0. The second-order valence-corrected chi connectivity index (χ2v) is 1.29. The third-order valence-corrected chi connectivity index (χ3v) is 0.735. The lowest BCUT2D eigenvalue weighted by molar-refractivity contribution is -0.139. The Morgan fingerprint density at radius 1 is 1.89 bits per heavy atom. The molecule has 0 radical (unpaired) electrons. The Kier molecular flexibility index (Phi) is 6.70. The van der Waals surface area contributed by atoms with E-state index in [1.165, 1.54) is 0 Å². The molecule has 9 heavy (non-hydrogen) atoms. The third-order valence-electron chi connectivity index (χ3n) is 0.735. The maximum Gasteiger partial charge on any atom is 0.319 e. The first-order valence-electron chi connectivity index (χ1n) is 2.11. The molecule has 0 aliphatic heterocycles. The largest absolute Gasteiger partial charge is 0.480 e. The van der Waals surface area contributed by atoms with E-state index in [0.29, 0.717) is 0 Å². The smallest absolute Gasteiger partial charge is 0.319 e. The molecule has 3 N–H and O–H groups in total. The van der Waals surface area contributed by atoms with Crippen LogP contribution >= 0.6 is 12.4 Å². The highest BCUT2D eigenvalue weighted by Crippen LogP contribution is 1.87. The van der Waals surface area contributed by atoms with Gasteiger partial charge >= 0.3 is 5.97 Å². The number of hydrogen-bond acceptors (Lipinski definition) is 2. The summed E-state index contributed by atoms with van der Waals surface area (Å²) >= 11 is 0. The van der Waals surface area contributed by atoms with Crippen LogP contribution in [0.3, 0.4) is 0 Å². The first-order chi connectivity index (χ1) is 3.72. The van der Waals surface area contributed by atoms with Gasteiger partial charge in [-0.2, -0.15) is 0 Å². The molecule has 1 atom stereocenters. The highest BCUT2D eigenvalue weighted by Gasteiger charge is 2.09. The van der Waals surface area contributed by atoms with Crippen LogP contribution in [0.1, 0.15) is 0 Å². The molecule has 0 aromatic carbocycles. The summed E-state index contributed by atoms with van der Waals surface area (Å²) in [6.07, 6.45) is 4.77. The lowest BCUT2D eigenvalue weighted by Gasteiger charge is -1.96. The molecule has 0 aliphatic carbocycles. The maximum absolute atomic E-state index is 9.94. The Hall–Kier alpha value is -0.720. The summed E-state index contributed by atoms with van der Waals surface area (Å²) in [6.45, 7) is 0.00579. The molecule has 1 unspecified atom stereocenters. The van der Waals surface area contributed by atoms with Crippen molar-refractivity contribution in [3.05, 3.63) is 0 Å². The summed E-state index contributed by atoms with van der Waals surface area (Å²) in [4.78, 5) is 9.94. The highest BCUT2D eigenvalue weighted by atomic mass is 35.5. The molecule has 52 valence electrons. The van der Waals surface area contributed by atoms with Gasteiger partial charge in [0, 0.05) is 6.54 Å². The predicted molar refractivity (Wildman–Crippen MR) is 36.3 cm³/mol. The van der Waals surface area contributed by atoms with Gasteiger partial charge in [-0.25, -0.2) is 0 Å². The molecule has 0 amide bonds. The minimum absolute atomic E-state index is 0. The Labute approximate surface area is 59.6 Å². The van der Waals surface area contributed by atoms with Crippen LogP contribution in [0.2, 0.25) is 0 Å². The molecule has 0 heterocycles. The molecule has 0 spiro atoms. The quantitative estimate of drug-likeness (QED) is 0.530. The van der Waals surface area contributed by atoms with Crippen molar-refractivity contribution in [2.24, 2.45) is 11.7 Å². The van der Waals surface area contributed by atoms with E-state index in [2.05, 4.69) is 0 Å². The van der Waals surface area contributed by atoms with Crippen molar-refractivity contribution in [3.63, 3.8) is 0 Å². The van der Waals surface area contributed by atoms with Crippen molar-refractivity contribution in [2.75, 3.05) is 6.54 Å². The van der Waals surface area contributed by atoms with Crippen LogP contribution in [0.25, 0.3) is 0 Å². The third kappa shape index (κ3) is 3.83. The van der Waals surface area contributed by atoms with Crippen LogP contribution in [0.4, 0.5) is 0 Å². The zero-order valence-electron chi connectivity index (χ0n) is 4.70. The van der Waals surface area contributed by atoms with Crippen LogP contribution in [-0.2, 0) is 4.79 Å². The molecule has 0 bridgehead atoms. The molecule has 3 nitrogen and oxygen atoms in total. The lowest BCUT2D eigenvalue weighted by Crippen LogP contribution is -2.21. The van der Waals surface area contributed by atoms with Gasteiger partial charge < -0.3 is 10.8 Å². The fourth-order valence-corrected chi connectivity index (χ4v) is 0.240. The van der Waals surface area contributed by atoms with E-state index in [1.807, 2.05) is 5.92 Å². The molecule has 0 fully saturated rings. The van der Waals surface area contributed by atoms with Gasteiger partial charge in [-0.05, 0) is 0 Å². The Bertz CT molecular complexity index is 129. The van der Waals surface area contributed by atoms with Gasteiger partial charge in [0.15, 0.2) is 0 Å². The predicted octanol–water partition coefficient (Wildman–Crippen LogP) is -0.299. The van der Waals surface area contributed by atoms with Gasteiger partial charge in [0.1, 0.15) is 5.92 Å². The van der Waals surface area contributed by atoms with Crippen LogP contribution in [0.15, 0.2) is 0 Å². The fraction of sp³-hybridized carbons (Fsp3) is 0.400. The number of terminal acetylenes is 1. The zero-order valence-corrected chi connectivity index (χ0v) is 5.52. The van der Waals surface area contributed by atoms with Crippen molar-refractivity contribution in [3.8, 4) is 12.3 Å². The van der Waals surface area contributed by atoms with Gasteiger partial charge in [0.05, 0.1) is 0 Å². The van der Waals surface area contributed by atoms with Crippen molar-refractivity contribution < 1.29 is 9.90 Å². The van der Waals surface area contributed by atoms with E-state index in [-0.39, 0.29) is 19.0 Å². The molecule has 0 rings (SSSR count). The minimum atomic E-state index is -1.03. The number of hydrogen-bond donors (Lipinski definition) is 2. The van der Waals surface area contributed by atoms with Crippen molar-refractivity contribution in [2.45, 2.75) is 0 Å². The van der Waals surface area contributed by atoms with Crippen molar-refractivity contribution in [1.82, 2.24) is 0 Å². The number of carboxylic acid groups (broad SMARTS) is 1. The molecular weight excluding hydrogens is 142 g/mol. The van der Waals surface area contributed by atoms with Gasteiger partial charge in [0.2, 0.25) is 0 Å². The molecule has 0 saturated carbocycles. The first kappa shape index (κ1) is 11.1. The summed E-state index contributed by atoms with van der Waals surface area (Å²) in [5.41, 5.74) is 4.96. The minimum Gasteiger partial charge on any atom is -0.480 e. The van der Waals surface area contributed by atoms with Crippen LogP contribution in [-0.4, -0.2) is 17.6 Å². The number of rotatable bonds is 2. The summed E-state index contributed by atoms with van der Waals surface area (Å²) < 4.78 is 0. The summed E-state index contributed by atoms with van der Waals surface area (Å²) in [7, 11) is 0. The fourth-order valence-electron chi connectivity index (χ4n) is 0.240. The molecule has 4 heteroatoms. The van der Waals surface area contributed by atoms with E-state index in [4.69, 9.17) is 17.3 Å². The number of carboxylic acids is 1. The molecule has 0 saturated heterocycles. The van der Waals surface area contributed by atoms with E-state index in [0.717, 1.165) is 0 Å². The molecule has 0 aromatic rings. The molecule has 0 aromatic heterocycles. The topological polar surface area (TPSA) is 63.3 Å². The van der Waals surface area contributed by atoms with E-state index < -0.39 is 11.9 Å². The Morgan fingerprint density at radius 2 is 2.33 bits per heavy atom. The SMILES string of the molecule is C#CC(CN)C(=O)O.Cl.